The Morgan fingerprint density at radius 1 is 1.35 bits per heavy atom. The van der Waals surface area contributed by atoms with Crippen molar-refractivity contribution in [2.24, 2.45) is 5.73 Å². The summed E-state index contributed by atoms with van der Waals surface area (Å²) in [5.74, 6) is -0.513. The topological polar surface area (TPSA) is 92.6 Å². The number of anilines is 2. The molecule has 5 heteroatoms. The predicted octanol–water partition coefficient (Wildman–Crippen LogP) is 0.329. The van der Waals surface area contributed by atoms with Crippen molar-refractivity contribution in [2.75, 3.05) is 23.7 Å². The van der Waals surface area contributed by atoms with Gasteiger partial charge in [-0.1, -0.05) is 0 Å². The van der Waals surface area contributed by atoms with Gasteiger partial charge in [-0.3, -0.25) is 4.79 Å². The molecule has 0 atom stereocenters. The first-order valence-corrected chi connectivity index (χ1v) is 5.70. The summed E-state index contributed by atoms with van der Waals surface area (Å²) in [6.07, 6.45) is 1.28. The molecule has 1 amide bonds. The van der Waals surface area contributed by atoms with Crippen molar-refractivity contribution in [3.63, 3.8) is 0 Å². The van der Waals surface area contributed by atoms with Crippen LogP contribution in [-0.4, -0.2) is 30.2 Å². The standard InChI is InChI=1S/C12H17N3O2/c13-11-2-1-8(7-10(11)12(14)17)15-5-3-9(16)4-6-15/h1-2,7,9,16H,3-6,13H2,(H2,14,17). The summed E-state index contributed by atoms with van der Waals surface area (Å²) in [7, 11) is 0. The molecule has 0 bridgehead atoms. The van der Waals surface area contributed by atoms with E-state index in [0.29, 0.717) is 11.3 Å². The van der Waals surface area contributed by atoms with E-state index in [1.54, 1.807) is 12.1 Å². The molecule has 92 valence electrons. The first-order chi connectivity index (χ1) is 8.08. The largest absolute Gasteiger partial charge is 0.398 e. The summed E-state index contributed by atoms with van der Waals surface area (Å²) in [5, 5.41) is 9.44. The second-order valence-corrected chi connectivity index (χ2v) is 4.35. The van der Waals surface area contributed by atoms with Crippen LogP contribution in [-0.2, 0) is 0 Å². The van der Waals surface area contributed by atoms with Crippen molar-refractivity contribution >= 4 is 17.3 Å². The number of hydrogen-bond acceptors (Lipinski definition) is 4. The summed E-state index contributed by atoms with van der Waals surface area (Å²) < 4.78 is 0. The van der Waals surface area contributed by atoms with Gasteiger partial charge in [0.25, 0.3) is 5.91 Å². The molecule has 0 unspecified atom stereocenters. The van der Waals surface area contributed by atoms with Crippen LogP contribution in [0.25, 0.3) is 0 Å². The maximum atomic E-state index is 11.2. The normalized spacial score (nSPS) is 17.1. The Labute approximate surface area is 100 Å². The van der Waals surface area contributed by atoms with Gasteiger partial charge in [0.05, 0.1) is 11.7 Å². The molecular formula is C12H17N3O2. The molecule has 1 aliphatic rings. The zero-order chi connectivity index (χ0) is 12.4. The second-order valence-electron chi connectivity index (χ2n) is 4.35. The monoisotopic (exact) mass is 235 g/mol. The maximum absolute atomic E-state index is 11.2. The van der Waals surface area contributed by atoms with Crippen LogP contribution in [0.3, 0.4) is 0 Å². The Morgan fingerprint density at radius 3 is 2.59 bits per heavy atom. The Bertz CT molecular complexity index is 426. The summed E-state index contributed by atoms with van der Waals surface area (Å²) >= 11 is 0. The van der Waals surface area contributed by atoms with E-state index in [2.05, 4.69) is 4.90 Å². The van der Waals surface area contributed by atoms with Crippen LogP contribution in [0.4, 0.5) is 11.4 Å². The highest BCUT2D eigenvalue weighted by molar-refractivity contribution is 5.99. The van der Waals surface area contributed by atoms with Crippen molar-refractivity contribution in [3.8, 4) is 0 Å². The number of amides is 1. The fourth-order valence-electron chi connectivity index (χ4n) is 2.08. The molecular weight excluding hydrogens is 218 g/mol. The fraction of sp³-hybridized carbons (Fsp3) is 0.417. The minimum absolute atomic E-state index is 0.212. The molecule has 0 radical (unpaired) electrons. The summed E-state index contributed by atoms with van der Waals surface area (Å²) in [6, 6.07) is 5.29. The molecule has 5 N–H and O–H groups in total. The Hall–Kier alpha value is -1.75. The van der Waals surface area contributed by atoms with E-state index < -0.39 is 5.91 Å². The molecule has 2 rings (SSSR count). The maximum Gasteiger partial charge on any atom is 0.250 e. The fourth-order valence-corrected chi connectivity index (χ4v) is 2.08. The highest BCUT2D eigenvalue weighted by atomic mass is 16.3. The van der Waals surface area contributed by atoms with Gasteiger partial charge >= 0.3 is 0 Å². The zero-order valence-electron chi connectivity index (χ0n) is 9.60. The van der Waals surface area contributed by atoms with Crippen molar-refractivity contribution < 1.29 is 9.90 Å². The molecule has 1 fully saturated rings. The highest BCUT2D eigenvalue weighted by Crippen LogP contribution is 2.24. The van der Waals surface area contributed by atoms with Gasteiger partial charge in [0.2, 0.25) is 0 Å². The van der Waals surface area contributed by atoms with Crippen LogP contribution in [0.15, 0.2) is 18.2 Å². The van der Waals surface area contributed by atoms with Gasteiger partial charge in [0.15, 0.2) is 0 Å². The second kappa shape index (κ2) is 4.63. The lowest BCUT2D eigenvalue weighted by Crippen LogP contribution is -2.35. The highest BCUT2D eigenvalue weighted by Gasteiger charge is 2.18. The molecule has 17 heavy (non-hydrogen) atoms. The number of aliphatic hydroxyl groups is 1. The molecule has 0 saturated carbocycles. The minimum atomic E-state index is -0.513. The van der Waals surface area contributed by atoms with E-state index >= 15 is 0 Å². The van der Waals surface area contributed by atoms with Gasteiger partial charge in [-0.25, -0.2) is 0 Å². The number of nitrogen functional groups attached to an aromatic ring is 1. The lowest BCUT2D eigenvalue weighted by Gasteiger charge is -2.31. The SMILES string of the molecule is NC(=O)c1cc(N2CCC(O)CC2)ccc1N. The Kier molecular flexibility index (Phi) is 3.19. The summed E-state index contributed by atoms with van der Waals surface area (Å²) in [6.45, 7) is 1.56. The van der Waals surface area contributed by atoms with Gasteiger partial charge in [0.1, 0.15) is 0 Å². The van der Waals surface area contributed by atoms with Crippen molar-refractivity contribution in [1.29, 1.82) is 0 Å². The lowest BCUT2D eigenvalue weighted by molar-refractivity contribution is 0.100. The van der Waals surface area contributed by atoms with E-state index in [4.69, 9.17) is 11.5 Å². The smallest absolute Gasteiger partial charge is 0.250 e. The van der Waals surface area contributed by atoms with Gasteiger partial charge in [-0.05, 0) is 31.0 Å². The van der Waals surface area contributed by atoms with Crippen LogP contribution in [0.5, 0.6) is 0 Å². The predicted molar refractivity (Wildman–Crippen MR) is 66.8 cm³/mol. The third-order valence-electron chi connectivity index (χ3n) is 3.13. The number of nitrogens with two attached hydrogens (primary N) is 2. The van der Waals surface area contributed by atoms with Crippen LogP contribution < -0.4 is 16.4 Å². The van der Waals surface area contributed by atoms with Gasteiger partial charge < -0.3 is 21.5 Å². The van der Waals surface area contributed by atoms with Crippen molar-refractivity contribution in [2.45, 2.75) is 18.9 Å². The van der Waals surface area contributed by atoms with Gasteiger partial charge in [-0.15, -0.1) is 0 Å². The molecule has 0 aromatic heterocycles. The van der Waals surface area contributed by atoms with Crippen molar-refractivity contribution in [1.82, 2.24) is 0 Å². The van der Waals surface area contributed by atoms with Crippen LogP contribution >= 0.6 is 0 Å². The number of carbonyl (C=O) groups excluding carboxylic acids is 1. The molecule has 1 heterocycles. The molecule has 1 saturated heterocycles. The number of nitrogens with zero attached hydrogens (tertiary/aromatic N) is 1. The first kappa shape index (κ1) is 11.7. The van der Waals surface area contributed by atoms with E-state index in [0.717, 1.165) is 31.6 Å². The number of primary amides is 1. The number of benzene rings is 1. The first-order valence-electron chi connectivity index (χ1n) is 5.70. The average molecular weight is 235 g/mol. The van der Waals surface area contributed by atoms with Gasteiger partial charge in [-0.2, -0.15) is 0 Å². The molecule has 1 aliphatic heterocycles. The van der Waals surface area contributed by atoms with Gasteiger partial charge in [0, 0.05) is 24.5 Å². The molecule has 1 aromatic rings. The number of hydrogen-bond donors (Lipinski definition) is 3. The average Bonchev–Trinajstić information content (AvgIpc) is 2.30. The van der Waals surface area contributed by atoms with Crippen LogP contribution in [0, 0.1) is 0 Å². The summed E-state index contributed by atoms with van der Waals surface area (Å²) in [4.78, 5) is 13.3. The number of rotatable bonds is 2. The quantitative estimate of drug-likeness (QED) is 0.644. The van der Waals surface area contributed by atoms with E-state index in [1.165, 1.54) is 0 Å². The van der Waals surface area contributed by atoms with Crippen LogP contribution in [0.1, 0.15) is 23.2 Å². The lowest BCUT2D eigenvalue weighted by atomic mass is 10.1. The van der Waals surface area contributed by atoms with Crippen LogP contribution in [0.2, 0.25) is 0 Å². The van der Waals surface area contributed by atoms with E-state index in [-0.39, 0.29) is 6.10 Å². The Morgan fingerprint density at radius 2 is 2.00 bits per heavy atom. The molecule has 0 aliphatic carbocycles. The number of carbonyl (C=O) groups is 1. The zero-order valence-corrected chi connectivity index (χ0v) is 9.60. The van der Waals surface area contributed by atoms with E-state index in [1.807, 2.05) is 6.07 Å². The molecule has 5 nitrogen and oxygen atoms in total. The minimum Gasteiger partial charge on any atom is -0.398 e. The third-order valence-corrected chi connectivity index (χ3v) is 3.13. The number of piperidine rings is 1. The van der Waals surface area contributed by atoms with Crippen molar-refractivity contribution in [3.05, 3.63) is 23.8 Å². The molecule has 1 aromatic carbocycles. The summed E-state index contributed by atoms with van der Waals surface area (Å²) in [5.41, 5.74) is 12.6. The number of aliphatic hydroxyl groups excluding tert-OH is 1. The molecule has 0 spiro atoms. The van der Waals surface area contributed by atoms with E-state index in [9.17, 15) is 9.90 Å². The third kappa shape index (κ3) is 2.50. The Balaban J connectivity index is 2.21.